The van der Waals surface area contributed by atoms with Gasteiger partial charge in [0.2, 0.25) is 0 Å². The number of aryl methyl sites for hydroxylation is 1. The molecule has 0 N–H and O–H groups in total. The van der Waals surface area contributed by atoms with E-state index in [1.54, 1.807) is 11.3 Å². The van der Waals surface area contributed by atoms with Gasteiger partial charge >= 0.3 is 0 Å². The molecular weight excluding hydrogens is 220 g/mol. The highest BCUT2D eigenvalue weighted by Gasteiger charge is 2.33. The molecule has 90 valence electrons. The highest BCUT2D eigenvalue weighted by molar-refractivity contribution is 7.10. The van der Waals surface area contributed by atoms with Gasteiger partial charge in [0, 0.05) is 17.0 Å². The number of hydrogen-bond donors (Lipinski definition) is 0. The van der Waals surface area contributed by atoms with Gasteiger partial charge in [-0.1, -0.05) is 20.8 Å². The third kappa shape index (κ3) is 2.92. The molecule has 0 amide bonds. The van der Waals surface area contributed by atoms with Crippen molar-refractivity contribution in [3.63, 3.8) is 0 Å². The summed E-state index contributed by atoms with van der Waals surface area (Å²) in [5.74, 6) is 0.105. The number of Topliss-reactive ketones (excluding diaryl/α,β-unsaturated/α-hetero) is 1. The zero-order chi connectivity index (χ0) is 12.3. The summed E-state index contributed by atoms with van der Waals surface area (Å²) in [5.41, 5.74) is 0.639. The second-order valence-electron chi connectivity index (χ2n) is 4.96. The molecule has 16 heavy (non-hydrogen) atoms. The first-order valence-electron chi connectivity index (χ1n) is 5.57. The summed E-state index contributed by atoms with van der Waals surface area (Å²) in [6.07, 6.45) is -0.356. The van der Waals surface area contributed by atoms with E-state index >= 15 is 0 Å². The lowest BCUT2D eigenvalue weighted by molar-refractivity contribution is -0.000225. The fraction of sp³-hybridized carbons (Fsp3) is 0.615. The topological polar surface area (TPSA) is 26.3 Å². The predicted octanol–water partition coefficient (Wildman–Crippen LogP) is 3.69. The summed E-state index contributed by atoms with van der Waals surface area (Å²) in [5, 5.41) is 1.95. The van der Waals surface area contributed by atoms with Crippen molar-refractivity contribution in [3.8, 4) is 0 Å². The van der Waals surface area contributed by atoms with E-state index in [-0.39, 0.29) is 17.3 Å². The van der Waals surface area contributed by atoms with Gasteiger partial charge in [-0.25, -0.2) is 0 Å². The maximum absolute atomic E-state index is 12.3. The highest BCUT2D eigenvalue weighted by atomic mass is 32.1. The molecule has 0 aliphatic heterocycles. The Hall–Kier alpha value is -0.670. The molecule has 0 fully saturated rings. The molecule has 0 saturated carbocycles. The Morgan fingerprint density at radius 1 is 1.50 bits per heavy atom. The Labute approximate surface area is 102 Å². The maximum Gasteiger partial charge on any atom is 0.193 e. The molecule has 1 heterocycles. The molecule has 2 nitrogen and oxygen atoms in total. The van der Waals surface area contributed by atoms with Gasteiger partial charge in [0.25, 0.3) is 0 Å². The minimum atomic E-state index is -0.356. The van der Waals surface area contributed by atoms with Gasteiger partial charge in [-0.3, -0.25) is 4.79 Å². The van der Waals surface area contributed by atoms with Crippen molar-refractivity contribution in [3.05, 3.63) is 21.9 Å². The fourth-order valence-electron chi connectivity index (χ4n) is 1.67. The molecule has 1 rings (SSSR count). The van der Waals surface area contributed by atoms with Crippen LogP contribution < -0.4 is 0 Å². The minimum absolute atomic E-state index is 0.105. The minimum Gasteiger partial charge on any atom is -0.370 e. The van der Waals surface area contributed by atoms with E-state index in [0.29, 0.717) is 6.61 Å². The van der Waals surface area contributed by atoms with Crippen molar-refractivity contribution in [2.75, 3.05) is 6.61 Å². The van der Waals surface area contributed by atoms with Crippen molar-refractivity contribution in [1.82, 2.24) is 0 Å². The van der Waals surface area contributed by atoms with Crippen LogP contribution in [0.15, 0.2) is 11.4 Å². The zero-order valence-corrected chi connectivity index (χ0v) is 11.5. The summed E-state index contributed by atoms with van der Waals surface area (Å²) in [6.45, 7) is 10.6. The molecule has 0 radical (unpaired) electrons. The average Bonchev–Trinajstić information content (AvgIpc) is 2.58. The van der Waals surface area contributed by atoms with Crippen molar-refractivity contribution < 1.29 is 9.53 Å². The van der Waals surface area contributed by atoms with E-state index in [4.69, 9.17) is 4.74 Å². The largest absolute Gasteiger partial charge is 0.370 e. The Morgan fingerprint density at radius 3 is 2.50 bits per heavy atom. The smallest absolute Gasteiger partial charge is 0.193 e. The van der Waals surface area contributed by atoms with Crippen LogP contribution >= 0.6 is 11.3 Å². The van der Waals surface area contributed by atoms with Crippen LogP contribution in [0.2, 0.25) is 0 Å². The number of rotatable bonds is 4. The first-order valence-corrected chi connectivity index (χ1v) is 6.45. The number of ketones is 1. The molecule has 0 aromatic carbocycles. The summed E-state index contributed by atoms with van der Waals surface area (Å²) in [7, 11) is 0. The van der Waals surface area contributed by atoms with Gasteiger partial charge in [0.1, 0.15) is 6.10 Å². The molecule has 1 aromatic rings. The lowest BCUT2D eigenvalue weighted by Gasteiger charge is -2.29. The van der Waals surface area contributed by atoms with E-state index in [1.807, 2.05) is 46.1 Å². The van der Waals surface area contributed by atoms with Gasteiger partial charge in [-0.15, -0.1) is 11.3 Å². The van der Waals surface area contributed by atoms with E-state index in [2.05, 4.69) is 0 Å². The lowest BCUT2D eigenvalue weighted by atomic mass is 9.84. The van der Waals surface area contributed by atoms with Gasteiger partial charge in [-0.2, -0.15) is 0 Å². The number of carbonyl (C=O) groups is 1. The highest BCUT2D eigenvalue weighted by Crippen LogP contribution is 2.28. The van der Waals surface area contributed by atoms with E-state index in [9.17, 15) is 4.79 Å². The van der Waals surface area contributed by atoms with Crippen LogP contribution in [0.25, 0.3) is 0 Å². The molecule has 1 unspecified atom stereocenters. The second-order valence-corrected chi connectivity index (χ2v) is 6.08. The first kappa shape index (κ1) is 13.4. The molecule has 3 heteroatoms. The van der Waals surface area contributed by atoms with Gasteiger partial charge < -0.3 is 4.74 Å². The van der Waals surface area contributed by atoms with Gasteiger partial charge in [0.15, 0.2) is 5.78 Å². The molecule has 0 bridgehead atoms. The summed E-state index contributed by atoms with van der Waals surface area (Å²) >= 11 is 1.60. The van der Waals surface area contributed by atoms with Crippen LogP contribution in [0, 0.1) is 12.3 Å². The molecule has 0 spiro atoms. The molecule has 1 atom stereocenters. The molecular formula is C13H20O2S. The fourth-order valence-corrected chi connectivity index (χ4v) is 2.37. The summed E-state index contributed by atoms with van der Waals surface area (Å²) < 4.78 is 5.60. The Kier molecular flexibility index (Phi) is 4.28. The molecule has 0 aliphatic rings. The molecule has 0 saturated heterocycles. The monoisotopic (exact) mass is 240 g/mol. The third-order valence-corrected chi connectivity index (χ3v) is 3.33. The van der Waals surface area contributed by atoms with E-state index in [0.717, 1.165) is 10.4 Å². The Balaban J connectivity index is 2.97. The quantitative estimate of drug-likeness (QED) is 0.750. The van der Waals surface area contributed by atoms with Crippen LogP contribution in [-0.4, -0.2) is 18.5 Å². The van der Waals surface area contributed by atoms with Crippen molar-refractivity contribution in [2.45, 2.75) is 40.7 Å². The van der Waals surface area contributed by atoms with E-state index in [1.165, 1.54) is 0 Å². The van der Waals surface area contributed by atoms with Crippen molar-refractivity contribution >= 4 is 17.1 Å². The van der Waals surface area contributed by atoms with Crippen LogP contribution in [0.5, 0.6) is 0 Å². The number of thiophene rings is 1. The van der Waals surface area contributed by atoms with Crippen LogP contribution in [-0.2, 0) is 4.74 Å². The Morgan fingerprint density at radius 2 is 2.12 bits per heavy atom. The Bertz CT molecular complexity index is 360. The first-order chi connectivity index (χ1) is 7.38. The normalized spacial score (nSPS) is 13.8. The summed E-state index contributed by atoms with van der Waals surface area (Å²) in [4.78, 5) is 13.4. The SMILES string of the molecule is CCOC(C(=O)c1ccsc1C)C(C)(C)C. The van der Waals surface area contributed by atoms with Gasteiger partial charge in [0.05, 0.1) is 0 Å². The molecule has 1 aromatic heterocycles. The van der Waals surface area contributed by atoms with E-state index < -0.39 is 0 Å². The number of ether oxygens (including phenoxy) is 1. The van der Waals surface area contributed by atoms with Gasteiger partial charge in [-0.05, 0) is 30.7 Å². The lowest BCUT2D eigenvalue weighted by Crippen LogP contribution is -2.37. The maximum atomic E-state index is 12.3. The molecule has 0 aliphatic carbocycles. The second kappa shape index (κ2) is 5.11. The summed E-state index contributed by atoms with van der Waals surface area (Å²) in [6, 6.07) is 1.89. The van der Waals surface area contributed by atoms with Crippen LogP contribution in [0.4, 0.5) is 0 Å². The standard InChI is InChI=1S/C13H20O2S/c1-6-15-12(13(3,4)5)11(14)10-7-8-16-9(10)2/h7-8,12H,6H2,1-5H3. The van der Waals surface area contributed by atoms with Crippen LogP contribution in [0.3, 0.4) is 0 Å². The van der Waals surface area contributed by atoms with Crippen molar-refractivity contribution in [1.29, 1.82) is 0 Å². The predicted molar refractivity (Wildman–Crippen MR) is 68.3 cm³/mol. The average molecular weight is 240 g/mol. The zero-order valence-electron chi connectivity index (χ0n) is 10.7. The number of hydrogen-bond acceptors (Lipinski definition) is 3. The van der Waals surface area contributed by atoms with Crippen molar-refractivity contribution in [2.24, 2.45) is 5.41 Å². The third-order valence-electron chi connectivity index (χ3n) is 2.48. The number of carbonyl (C=O) groups excluding carboxylic acids is 1. The van der Waals surface area contributed by atoms with Crippen LogP contribution in [0.1, 0.15) is 42.9 Å².